The molecular formula is C19H18BrClN2O3S. The van der Waals surface area contributed by atoms with Gasteiger partial charge in [0.15, 0.2) is 0 Å². The highest BCUT2D eigenvalue weighted by Gasteiger charge is 2.39. The second-order valence-electron chi connectivity index (χ2n) is 6.88. The Morgan fingerprint density at radius 1 is 1.22 bits per heavy atom. The predicted molar refractivity (Wildman–Crippen MR) is 108 cm³/mol. The van der Waals surface area contributed by atoms with Crippen LogP contribution in [0.15, 0.2) is 45.8 Å². The zero-order chi connectivity index (χ0) is 19.2. The molecule has 1 N–H and O–H groups in total. The molecule has 8 heteroatoms. The SMILES string of the molecule is O=C(C1CC1)N1CCc2cc(Br)cc(S(=O)(=O)NCc3ccc(Cl)cc3)c21. The van der Waals surface area contributed by atoms with Crippen LogP contribution < -0.4 is 9.62 Å². The molecule has 2 aliphatic rings. The molecule has 0 bridgehead atoms. The summed E-state index contributed by atoms with van der Waals surface area (Å²) in [6, 6.07) is 10.5. The number of nitrogens with one attached hydrogen (secondary N) is 1. The monoisotopic (exact) mass is 468 g/mol. The third-order valence-electron chi connectivity index (χ3n) is 4.86. The average Bonchev–Trinajstić information content (AvgIpc) is 3.40. The summed E-state index contributed by atoms with van der Waals surface area (Å²) in [5.74, 6) is 0.0717. The van der Waals surface area contributed by atoms with Crippen molar-refractivity contribution in [3.63, 3.8) is 0 Å². The van der Waals surface area contributed by atoms with E-state index in [2.05, 4.69) is 20.7 Å². The van der Waals surface area contributed by atoms with Gasteiger partial charge in [-0.1, -0.05) is 39.7 Å². The lowest BCUT2D eigenvalue weighted by atomic mass is 10.2. The Morgan fingerprint density at radius 3 is 2.59 bits per heavy atom. The fourth-order valence-corrected chi connectivity index (χ4v) is 5.38. The maximum atomic E-state index is 13.0. The molecule has 0 spiro atoms. The first-order valence-electron chi connectivity index (χ1n) is 8.73. The predicted octanol–water partition coefficient (Wildman–Crippen LogP) is 3.88. The Morgan fingerprint density at radius 2 is 1.93 bits per heavy atom. The van der Waals surface area contributed by atoms with Crippen LogP contribution in [0, 0.1) is 5.92 Å². The summed E-state index contributed by atoms with van der Waals surface area (Å²) in [7, 11) is -3.79. The number of benzene rings is 2. The van der Waals surface area contributed by atoms with Gasteiger partial charge in [0.2, 0.25) is 15.9 Å². The van der Waals surface area contributed by atoms with Crippen molar-refractivity contribution >= 4 is 49.1 Å². The third-order valence-corrected chi connectivity index (χ3v) is 6.98. The molecule has 1 amide bonds. The molecule has 0 aromatic heterocycles. The number of sulfonamides is 1. The Kier molecular flexibility index (Phi) is 5.05. The molecule has 1 saturated carbocycles. The van der Waals surface area contributed by atoms with Crippen molar-refractivity contribution in [2.45, 2.75) is 30.7 Å². The number of halogens is 2. The minimum absolute atomic E-state index is 0.0326. The zero-order valence-electron chi connectivity index (χ0n) is 14.4. The Hall–Kier alpha value is -1.41. The van der Waals surface area contributed by atoms with Crippen molar-refractivity contribution in [1.82, 2.24) is 4.72 Å². The number of hydrogen-bond donors (Lipinski definition) is 1. The number of carbonyl (C=O) groups excluding carboxylic acids is 1. The van der Waals surface area contributed by atoms with Crippen molar-refractivity contribution in [2.75, 3.05) is 11.4 Å². The van der Waals surface area contributed by atoms with Crippen molar-refractivity contribution < 1.29 is 13.2 Å². The molecule has 0 unspecified atom stereocenters. The van der Waals surface area contributed by atoms with E-state index < -0.39 is 10.0 Å². The van der Waals surface area contributed by atoms with Crippen molar-refractivity contribution in [1.29, 1.82) is 0 Å². The number of rotatable bonds is 5. The van der Waals surface area contributed by atoms with E-state index >= 15 is 0 Å². The van der Waals surface area contributed by atoms with Crippen LogP contribution in [0.2, 0.25) is 5.02 Å². The fourth-order valence-electron chi connectivity index (χ4n) is 3.30. The summed E-state index contributed by atoms with van der Waals surface area (Å²) in [6.07, 6.45) is 2.43. The van der Waals surface area contributed by atoms with E-state index in [4.69, 9.17) is 11.6 Å². The van der Waals surface area contributed by atoms with Gasteiger partial charge < -0.3 is 4.90 Å². The van der Waals surface area contributed by atoms with Crippen LogP contribution in [-0.4, -0.2) is 20.9 Å². The number of amides is 1. The molecule has 2 aromatic rings. The molecule has 0 radical (unpaired) electrons. The number of nitrogens with zero attached hydrogens (tertiary/aromatic N) is 1. The lowest BCUT2D eigenvalue weighted by Gasteiger charge is -2.21. The third kappa shape index (κ3) is 3.92. The lowest BCUT2D eigenvalue weighted by Crippen LogP contribution is -2.32. The highest BCUT2D eigenvalue weighted by molar-refractivity contribution is 9.10. The minimum Gasteiger partial charge on any atom is -0.310 e. The Labute approximate surface area is 171 Å². The van der Waals surface area contributed by atoms with Crippen LogP contribution in [0.1, 0.15) is 24.0 Å². The second kappa shape index (κ2) is 7.20. The number of hydrogen-bond acceptors (Lipinski definition) is 3. The summed E-state index contributed by atoms with van der Waals surface area (Å²) < 4.78 is 29.4. The standard InChI is InChI=1S/C19H18BrClN2O3S/c20-15-9-14-7-8-23(19(24)13-3-4-13)18(14)17(10-15)27(25,26)22-11-12-1-5-16(21)6-2-12/h1-2,5-6,9-10,13,22H,3-4,7-8,11H2. The van der Waals surface area contributed by atoms with Gasteiger partial charge in [-0.25, -0.2) is 13.1 Å². The molecule has 1 heterocycles. The topological polar surface area (TPSA) is 66.5 Å². The summed E-state index contributed by atoms with van der Waals surface area (Å²) in [6.45, 7) is 0.679. The molecule has 1 aliphatic heterocycles. The first-order valence-corrected chi connectivity index (χ1v) is 11.4. The van der Waals surface area contributed by atoms with Gasteiger partial charge in [-0.15, -0.1) is 0 Å². The molecule has 4 rings (SSSR count). The zero-order valence-corrected chi connectivity index (χ0v) is 17.6. The maximum absolute atomic E-state index is 13.0. The minimum atomic E-state index is -3.79. The molecule has 0 saturated heterocycles. The van der Waals surface area contributed by atoms with E-state index in [1.807, 2.05) is 6.07 Å². The smallest absolute Gasteiger partial charge is 0.242 e. The highest BCUT2D eigenvalue weighted by Crippen LogP contribution is 2.41. The highest BCUT2D eigenvalue weighted by atomic mass is 79.9. The first kappa shape index (κ1) is 18.9. The van der Waals surface area contributed by atoms with Crippen LogP contribution in [-0.2, 0) is 27.8 Å². The van der Waals surface area contributed by atoms with E-state index in [1.165, 1.54) is 0 Å². The second-order valence-corrected chi connectivity index (χ2v) is 9.96. The van der Waals surface area contributed by atoms with Gasteiger partial charge in [0.1, 0.15) is 4.90 Å². The lowest BCUT2D eigenvalue weighted by molar-refractivity contribution is -0.119. The van der Waals surface area contributed by atoms with Crippen LogP contribution >= 0.6 is 27.5 Å². The summed E-state index contributed by atoms with van der Waals surface area (Å²) >= 11 is 9.27. The molecule has 5 nitrogen and oxygen atoms in total. The molecule has 0 atom stereocenters. The maximum Gasteiger partial charge on any atom is 0.242 e. The number of anilines is 1. The van der Waals surface area contributed by atoms with E-state index in [0.717, 1.165) is 24.0 Å². The average molecular weight is 470 g/mol. The van der Waals surface area contributed by atoms with Crippen molar-refractivity contribution in [3.8, 4) is 0 Å². The van der Waals surface area contributed by atoms with E-state index in [-0.39, 0.29) is 23.3 Å². The number of carbonyl (C=O) groups is 1. The van der Waals surface area contributed by atoms with Crippen LogP contribution in [0.4, 0.5) is 5.69 Å². The van der Waals surface area contributed by atoms with Gasteiger partial charge in [-0.3, -0.25) is 4.79 Å². The van der Waals surface area contributed by atoms with Gasteiger partial charge in [0.05, 0.1) is 5.69 Å². The normalized spacial score (nSPS) is 16.4. The number of fused-ring (bicyclic) bond motifs is 1. The largest absolute Gasteiger partial charge is 0.310 e. The van der Waals surface area contributed by atoms with Gasteiger partial charge in [0.25, 0.3) is 0 Å². The van der Waals surface area contributed by atoms with Crippen LogP contribution in [0.25, 0.3) is 0 Å². The molecule has 1 fully saturated rings. The fraction of sp³-hybridized carbons (Fsp3) is 0.316. The molecule has 27 heavy (non-hydrogen) atoms. The van der Waals surface area contributed by atoms with Gasteiger partial charge in [0, 0.05) is 28.5 Å². The quantitative estimate of drug-likeness (QED) is 0.723. The Balaban J connectivity index is 1.66. The van der Waals surface area contributed by atoms with Crippen molar-refractivity contribution in [2.24, 2.45) is 5.92 Å². The van der Waals surface area contributed by atoms with Crippen molar-refractivity contribution in [3.05, 3.63) is 57.0 Å². The first-order chi connectivity index (χ1) is 12.8. The van der Waals surface area contributed by atoms with Crippen LogP contribution in [0.5, 0.6) is 0 Å². The van der Waals surface area contributed by atoms with Gasteiger partial charge in [-0.2, -0.15) is 0 Å². The molecule has 2 aromatic carbocycles. The van der Waals surface area contributed by atoms with E-state index in [9.17, 15) is 13.2 Å². The summed E-state index contributed by atoms with van der Waals surface area (Å²) in [4.78, 5) is 14.4. The van der Waals surface area contributed by atoms with Crippen LogP contribution in [0.3, 0.4) is 0 Å². The van der Waals surface area contributed by atoms with Gasteiger partial charge >= 0.3 is 0 Å². The molecular weight excluding hydrogens is 452 g/mol. The molecule has 1 aliphatic carbocycles. The Bertz CT molecular complexity index is 1000. The summed E-state index contributed by atoms with van der Waals surface area (Å²) in [5, 5.41) is 0.598. The molecule has 142 valence electrons. The van der Waals surface area contributed by atoms with E-state index in [0.29, 0.717) is 28.1 Å². The van der Waals surface area contributed by atoms with E-state index in [1.54, 1.807) is 35.2 Å². The summed E-state index contributed by atoms with van der Waals surface area (Å²) in [5.41, 5.74) is 2.21. The van der Waals surface area contributed by atoms with Gasteiger partial charge in [-0.05, 0) is 54.7 Å².